The standard InChI is InChI=1S/C24H29ClN2O3/c1-16(2)30-22-9-8-21(25)14-20(22)15-26-23(28)18-10-12-27(13-11-18)24(29)19-6-4-17(3)5-7-19/h4-9,14,16,18H,10-13,15H2,1-3H3,(H,26,28). The van der Waals surface area contributed by atoms with E-state index in [-0.39, 0.29) is 23.8 Å². The Bertz CT molecular complexity index is 888. The van der Waals surface area contributed by atoms with Crippen LogP contribution in [0.4, 0.5) is 0 Å². The fraction of sp³-hybridized carbons (Fsp3) is 0.417. The molecule has 1 fully saturated rings. The molecule has 0 aliphatic carbocycles. The summed E-state index contributed by atoms with van der Waals surface area (Å²) in [6, 6.07) is 13.0. The number of carbonyl (C=O) groups excluding carboxylic acids is 2. The van der Waals surface area contributed by atoms with E-state index in [1.165, 1.54) is 0 Å². The van der Waals surface area contributed by atoms with E-state index in [0.29, 0.717) is 43.1 Å². The van der Waals surface area contributed by atoms with Crippen LogP contribution in [0.2, 0.25) is 5.02 Å². The monoisotopic (exact) mass is 428 g/mol. The molecule has 0 spiro atoms. The number of halogens is 1. The van der Waals surface area contributed by atoms with Crippen molar-refractivity contribution in [2.24, 2.45) is 5.92 Å². The maximum Gasteiger partial charge on any atom is 0.253 e. The molecule has 0 radical (unpaired) electrons. The molecular weight excluding hydrogens is 400 g/mol. The summed E-state index contributed by atoms with van der Waals surface area (Å²) in [7, 11) is 0. The highest BCUT2D eigenvalue weighted by Crippen LogP contribution is 2.25. The van der Waals surface area contributed by atoms with Crippen molar-refractivity contribution in [1.82, 2.24) is 10.2 Å². The summed E-state index contributed by atoms with van der Waals surface area (Å²) in [4.78, 5) is 27.2. The van der Waals surface area contributed by atoms with Gasteiger partial charge >= 0.3 is 0 Å². The minimum atomic E-state index is -0.0966. The predicted octanol–water partition coefficient (Wildman–Crippen LogP) is 4.60. The zero-order valence-electron chi connectivity index (χ0n) is 17.8. The van der Waals surface area contributed by atoms with Gasteiger partial charge in [-0.1, -0.05) is 29.3 Å². The lowest BCUT2D eigenvalue weighted by molar-refractivity contribution is -0.126. The smallest absolute Gasteiger partial charge is 0.253 e. The molecule has 0 bridgehead atoms. The number of piperidine rings is 1. The molecule has 1 N–H and O–H groups in total. The SMILES string of the molecule is Cc1ccc(C(=O)N2CCC(C(=O)NCc3cc(Cl)ccc3OC(C)C)CC2)cc1. The number of aryl methyl sites for hydroxylation is 1. The Morgan fingerprint density at radius 1 is 1.13 bits per heavy atom. The first-order chi connectivity index (χ1) is 14.3. The number of benzene rings is 2. The Morgan fingerprint density at radius 2 is 1.80 bits per heavy atom. The summed E-state index contributed by atoms with van der Waals surface area (Å²) in [5, 5.41) is 3.62. The van der Waals surface area contributed by atoms with Gasteiger partial charge in [0, 0.05) is 41.7 Å². The maximum absolute atomic E-state index is 12.7. The van der Waals surface area contributed by atoms with Crippen molar-refractivity contribution in [2.75, 3.05) is 13.1 Å². The van der Waals surface area contributed by atoms with Crippen LogP contribution in [0.15, 0.2) is 42.5 Å². The second-order valence-electron chi connectivity index (χ2n) is 8.07. The molecule has 1 saturated heterocycles. The highest BCUT2D eigenvalue weighted by molar-refractivity contribution is 6.30. The Hall–Kier alpha value is -2.53. The summed E-state index contributed by atoms with van der Waals surface area (Å²) in [5.74, 6) is 0.671. The van der Waals surface area contributed by atoms with Crippen molar-refractivity contribution in [2.45, 2.75) is 46.3 Å². The lowest BCUT2D eigenvalue weighted by atomic mass is 9.95. The van der Waals surface area contributed by atoms with E-state index >= 15 is 0 Å². The van der Waals surface area contributed by atoms with Crippen LogP contribution in [0.5, 0.6) is 5.75 Å². The average Bonchev–Trinajstić information content (AvgIpc) is 2.73. The fourth-order valence-corrected chi connectivity index (χ4v) is 3.80. The Kier molecular flexibility index (Phi) is 7.38. The van der Waals surface area contributed by atoms with Gasteiger partial charge in [-0.25, -0.2) is 0 Å². The fourth-order valence-electron chi connectivity index (χ4n) is 3.61. The molecule has 0 aromatic heterocycles. The molecule has 1 heterocycles. The molecule has 0 unspecified atom stereocenters. The summed E-state index contributed by atoms with van der Waals surface area (Å²) in [6.45, 7) is 7.46. The van der Waals surface area contributed by atoms with E-state index in [9.17, 15) is 9.59 Å². The third-order valence-electron chi connectivity index (χ3n) is 5.29. The molecule has 1 aliphatic rings. The summed E-state index contributed by atoms with van der Waals surface area (Å²) < 4.78 is 5.81. The average molecular weight is 429 g/mol. The van der Waals surface area contributed by atoms with Gasteiger partial charge in [-0.3, -0.25) is 9.59 Å². The maximum atomic E-state index is 12.7. The number of nitrogens with zero attached hydrogens (tertiary/aromatic N) is 1. The van der Waals surface area contributed by atoms with E-state index in [1.807, 2.05) is 62.1 Å². The van der Waals surface area contributed by atoms with Crippen molar-refractivity contribution in [3.05, 3.63) is 64.2 Å². The third kappa shape index (κ3) is 5.76. The first-order valence-electron chi connectivity index (χ1n) is 10.4. The Labute approximate surface area is 183 Å². The first kappa shape index (κ1) is 22.2. The summed E-state index contributed by atoms with van der Waals surface area (Å²) in [6.07, 6.45) is 1.36. The van der Waals surface area contributed by atoms with Crippen LogP contribution in [-0.2, 0) is 11.3 Å². The van der Waals surface area contributed by atoms with Gasteiger partial charge in [-0.15, -0.1) is 0 Å². The van der Waals surface area contributed by atoms with Crippen LogP contribution in [-0.4, -0.2) is 35.9 Å². The highest BCUT2D eigenvalue weighted by atomic mass is 35.5. The number of ether oxygens (including phenoxy) is 1. The van der Waals surface area contributed by atoms with E-state index in [2.05, 4.69) is 5.32 Å². The molecule has 3 rings (SSSR count). The minimum absolute atomic E-state index is 0.00732. The third-order valence-corrected chi connectivity index (χ3v) is 5.52. The molecule has 0 saturated carbocycles. The van der Waals surface area contributed by atoms with Crippen LogP contribution >= 0.6 is 11.6 Å². The van der Waals surface area contributed by atoms with Crippen LogP contribution in [0.3, 0.4) is 0 Å². The first-order valence-corrected chi connectivity index (χ1v) is 10.8. The molecule has 160 valence electrons. The minimum Gasteiger partial charge on any atom is -0.491 e. The van der Waals surface area contributed by atoms with Gasteiger partial charge < -0.3 is 15.0 Å². The van der Waals surface area contributed by atoms with Gasteiger partial charge in [0.05, 0.1) is 6.10 Å². The van der Waals surface area contributed by atoms with Gasteiger partial charge in [-0.05, 0) is 63.9 Å². The molecule has 2 aromatic carbocycles. The molecular formula is C24H29ClN2O3. The van der Waals surface area contributed by atoms with E-state index in [1.54, 1.807) is 6.07 Å². The Balaban J connectivity index is 1.53. The second kappa shape index (κ2) is 9.98. The van der Waals surface area contributed by atoms with Crippen LogP contribution in [0.25, 0.3) is 0 Å². The molecule has 1 aliphatic heterocycles. The zero-order chi connectivity index (χ0) is 21.7. The van der Waals surface area contributed by atoms with Gasteiger partial charge in [0.2, 0.25) is 5.91 Å². The summed E-state index contributed by atoms with van der Waals surface area (Å²) >= 11 is 6.12. The molecule has 2 aromatic rings. The van der Waals surface area contributed by atoms with E-state index < -0.39 is 0 Å². The van der Waals surface area contributed by atoms with Crippen LogP contribution in [0, 0.1) is 12.8 Å². The number of amides is 2. The largest absolute Gasteiger partial charge is 0.491 e. The van der Waals surface area contributed by atoms with Crippen molar-refractivity contribution in [1.29, 1.82) is 0 Å². The lowest BCUT2D eigenvalue weighted by Crippen LogP contribution is -2.43. The van der Waals surface area contributed by atoms with Crippen LogP contribution < -0.4 is 10.1 Å². The Morgan fingerprint density at radius 3 is 2.43 bits per heavy atom. The van der Waals surface area contributed by atoms with Crippen molar-refractivity contribution in [3.8, 4) is 5.75 Å². The molecule has 5 nitrogen and oxygen atoms in total. The van der Waals surface area contributed by atoms with Crippen molar-refractivity contribution in [3.63, 3.8) is 0 Å². The predicted molar refractivity (Wildman–Crippen MR) is 119 cm³/mol. The molecule has 2 amide bonds. The summed E-state index contributed by atoms with van der Waals surface area (Å²) in [5.41, 5.74) is 2.68. The molecule has 6 heteroatoms. The van der Waals surface area contributed by atoms with Gasteiger partial charge in [-0.2, -0.15) is 0 Å². The van der Waals surface area contributed by atoms with Gasteiger partial charge in [0.25, 0.3) is 5.91 Å². The van der Waals surface area contributed by atoms with Crippen LogP contribution in [0.1, 0.15) is 48.2 Å². The number of carbonyl (C=O) groups is 2. The number of hydrogen-bond acceptors (Lipinski definition) is 3. The van der Waals surface area contributed by atoms with E-state index in [0.717, 1.165) is 16.9 Å². The van der Waals surface area contributed by atoms with E-state index in [4.69, 9.17) is 16.3 Å². The lowest BCUT2D eigenvalue weighted by Gasteiger charge is -2.31. The van der Waals surface area contributed by atoms with Crippen molar-refractivity contribution < 1.29 is 14.3 Å². The number of nitrogens with one attached hydrogen (secondary N) is 1. The number of likely N-dealkylation sites (tertiary alicyclic amines) is 1. The zero-order valence-corrected chi connectivity index (χ0v) is 18.5. The second-order valence-corrected chi connectivity index (χ2v) is 8.51. The quantitative estimate of drug-likeness (QED) is 0.731. The molecule has 0 atom stereocenters. The van der Waals surface area contributed by atoms with Gasteiger partial charge in [0.15, 0.2) is 0 Å². The highest BCUT2D eigenvalue weighted by Gasteiger charge is 2.27. The topological polar surface area (TPSA) is 58.6 Å². The number of hydrogen-bond donors (Lipinski definition) is 1. The van der Waals surface area contributed by atoms with Gasteiger partial charge in [0.1, 0.15) is 5.75 Å². The number of rotatable bonds is 6. The van der Waals surface area contributed by atoms with Crippen molar-refractivity contribution >= 4 is 23.4 Å². The normalized spacial score (nSPS) is 14.6. The molecule has 30 heavy (non-hydrogen) atoms.